The molecule has 5 nitrogen and oxygen atoms in total. The smallest absolute Gasteiger partial charge is 0.219 e. The third-order valence-electron chi connectivity index (χ3n) is 3.28. The molecule has 94 valence electrons. The minimum absolute atomic E-state index is 0.0963. The second kappa shape index (κ2) is 6.18. The average Bonchev–Trinajstić information content (AvgIpc) is 2.36. The van der Waals surface area contributed by atoms with Crippen LogP contribution in [0, 0.1) is 0 Å². The predicted molar refractivity (Wildman–Crippen MR) is 64.9 cm³/mol. The summed E-state index contributed by atoms with van der Waals surface area (Å²) in [5.74, 6) is -0.264. The number of amides is 1. The van der Waals surface area contributed by atoms with Crippen molar-refractivity contribution in [2.45, 2.75) is 31.8 Å². The Morgan fingerprint density at radius 3 is 2.75 bits per heavy atom. The molecule has 16 heavy (non-hydrogen) atoms. The minimum Gasteiger partial charge on any atom is -0.370 e. The standard InChI is InChI=1S/C11H24N4O/c1-9-8-14(2)4-3-5-15(9)10(7-12)6-11(13)16/h9-10H,3-8,12H2,1-2H3,(H2,13,16). The normalized spacial score (nSPS) is 26.3. The Kier molecular flexibility index (Phi) is 5.18. The average molecular weight is 228 g/mol. The molecule has 0 aromatic rings. The zero-order valence-electron chi connectivity index (χ0n) is 10.4. The molecule has 2 atom stereocenters. The van der Waals surface area contributed by atoms with Crippen LogP contribution >= 0.6 is 0 Å². The maximum Gasteiger partial charge on any atom is 0.219 e. The first-order valence-electron chi connectivity index (χ1n) is 5.97. The summed E-state index contributed by atoms with van der Waals surface area (Å²) in [5.41, 5.74) is 11.0. The van der Waals surface area contributed by atoms with Gasteiger partial charge in [0.1, 0.15) is 0 Å². The van der Waals surface area contributed by atoms with Gasteiger partial charge in [-0.25, -0.2) is 0 Å². The van der Waals surface area contributed by atoms with Crippen LogP contribution in [0.25, 0.3) is 0 Å². The quantitative estimate of drug-likeness (QED) is 0.661. The first kappa shape index (κ1) is 13.4. The van der Waals surface area contributed by atoms with Gasteiger partial charge in [0.15, 0.2) is 0 Å². The zero-order chi connectivity index (χ0) is 12.1. The molecule has 1 fully saturated rings. The number of likely N-dealkylation sites (N-methyl/N-ethyl adjacent to an activating group) is 1. The van der Waals surface area contributed by atoms with E-state index in [0.29, 0.717) is 19.0 Å². The van der Waals surface area contributed by atoms with Gasteiger partial charge in [-0.1, -0.05) is 0 Å². The molecule has 0 radical (unpaired) electrons. The lowest BCUT2D eigenvalue weighted by Crippen LogP contribution is -2.49. The molecule has 0 aliphatic carbocycles. The van der Waals surface area contributed by atoms with Gasteiger partial charge in [-0.05, 0) is 26.9 Å². The van der Waals surface area contributed by atoms with Gasteiger partial charge >= 0.3 is 0 Å². The van der Waals surface area contributed by atoms with E-state index in [1.54, 1.807) is 0 Å². The Balaban J connectivity index is 2.63. The van der Waals surface area contributed by atoms with E-state index in [4.69, 9.17) is 11.5 Å². The van der Waals surface area contributed by atoms with Gasteiger partial charge < -0.3 is 16.4 Å². The summed E-state index contributed by atoms with van der Waals surface area (Å²) >= 11 is 0. The molecular weight excluding hydrogens is 204 g/mol. The van der Waals surface area contributed by atoms with Crippen LogP contribution in [0.2, 0.25) is 0 Å². The van der Waals surface area contributed by atoms with E-state index in [2.05, 4.69) is 23.8 Å². The second-order valence-electron chi connectivity index (χ2n) is 4.76. The van der Waals surface area contributed by atoms with Crippen LogP contribution in [0.15, 0.2) is 0 Å². The minimum atomic E-state index is -0.264. The largest absolute Gasteiger partial charge is 0.370 e. The van der Waals surface area contributed by atoms with Crippen LogP contribution in [-0.4, -0.2) is 61.0 Å². The summed E-state index contributed by atoms with van der Waals surface area (Å²) in [4.78, 5) is 15.6. The first-order valence-corrected chi connectivity index (χ1v) is 5.97. The number of carbonyl (C=O) groups is 1. The van der Waals surface area contributed by atoms with Crippen molar-refractivity contribution in [2.75, 3.05) is 33.2 Å². The van der Waals surface area contributed by atoms with Gasteiger partial charge in [-0.15, -0.1) is 0 Å². The predicted octanol–water partition coefficient (Wildman–Crippen LogP) is -0.785. The van der Waals surface area contributed by atoms with E-state index < -0.39 is 0 Å². The lowest BCUT2D eigenvalue weighted by Gasteiger charge is -2.34. The van der Waals surface area contributed by atoms with Crippen LogP contribution < -0.4 is 11.5 Å². The van der Waals surface area contributed by atoms with E-state index in [9.17, 15) is 4.79 Å². The monoisotopic (exact) mass is 228 g/mol. The van der Waals surface area contributed by atoms with Crippen molar-refractivity contribution in [3.05, 3.63) is 0 Å². The Hall–Kier alpha value is -0.650. The third-order valence-corrected chi connectivity index (χ3v) is 3.28. The molecule has 1 saturated heterocycles. The summed E-state index contributed by atoms with van der Waals surface area (Å²) in [7, 11) is 2.13. The molecule has 2 unspecified atom stereocenters. The molecule has 4 N–H and O–H groups in total. The highest BCUT2D eigenvalue weighted by molar-refractivity contribution is 5.74. The van der Waals surface area contributed by atoms with Crippen molar-refractivity contribution in [3.63, 3.8) is 0 Å². The van der Waals surface area contributed by atoms with Crippen molar-refractivity contribution >= 4 is 5.91 Å². The molecule has 1 aliphatic rings. The number of carbonyl (C=O) groups excluding carboxylic acids is 1. The summed E-state index contributed by atoms with van der Waals surface area (Å²) in [6, 6.07) is 0.527. The highest BCUT2D eigenvalue weighted by atomic mass is 16.1. The fourth-order valence-electron chi connectivity index (χ4n) is 2.50. The number of rotatable bonds is 4. The maximum atomic E-state index is 11.0. The van der Waals surface area contributed by atoms with Crippen molar-refractivity contribution in [3.8, 4) is 0 Å². The fourth-order valence-corrected chi connectivity index (χ4v) is 2.50. The molecule has 1 rings (SSSR count). The van der Waals surface area contributed by atoms with Crippen molar-refractivity contribution in [1.82, 2.24) is 9.80 Å². The van der Waals surface area contributed by atoms with Crippen LogP contribution in [-0.2, 0) is 4.79 Å². The lowest BCUT2D eigenvalue weighted by molar-refractivity contribution is -0.119. The summed E-state index contributed by atoms with van der Waals surface area (Å²) in [6.07, 6.45) is 1.49. The van der Waals surface area contributed by atoms with Gasteiger partial charge in [-0.2, -0.15) is 0 Å². The molecule has 0 saturated carbocycles. The Morgan fingerprint density at radius 1 is 1.50 bits per heavy atom. The van der Waals surface area contributed by atoms with Crippen LogP contribution in [0.1, 0.15) is 19.8 Å². The fraction of sp³-hybridized carbons (Fsp3) is 0.909. The Bertz CT molecular complexity index is 234. The van der Waals surface area contributed by atoms with E-state index in [-0.39, 0.29) is 11.9 Å². The molecule has 5 heteroatoms. The number of primary amides is 1. The molecular formula is C11H24N4O. The molecule has 1 amide bonds. The van der Waals surface area contributed by atoms with E-state index in [1.165, 1.54) is 0 Å². The summed E-state index contributed by atoms with van der Waals surface area (Å²) < 4.78 is 0. The highest BCUT2D eigenvalue weighted by Gasteiger charge is 2.26. The summed E-state index contributed by atoms with van der Waals surface area (Å²) in [5, 5.41) is 0. The van der Waals surface area contributed by atoms with Gasteiger partial charge in [0.2, 0.25) is 5.91 Å². The number of nitrogens with two attached hydrogens (primary N) is 2. The van der Waals surface area contributed by atoms with E-state index >= 15 is 0 Å². The molecule has 1 aliphatic heterocycles. The molecule has 0 spiro atoms. The molecule has 0 aromatic carbocycles. The van der Waals surface area contributed by atoms with Crippen molar-refractivity contribution < 1.29 is 4.79 Å². The van der Waals surface area contributed by atoms with Gasteiger partial charge in [0.05, 0.1) is 0 Å². The van der Waals surface area contributed by atoms with Gasteiger partial charge in [0, 0.05) is 38.1 Å². The van der Waals surface area contributed by atoms with Crippen LogP contribution in [0.4, 0.5) is 0 Å². The zero-order valence-corrected chi connectivity index (χ0v) is 10.4. The topological polar surface area (TPSA) is 75.6 Å². The van der Waals surface area contributed by atoms with E-state index in [0.717, 1.165) is 26.1 Å². The highest BCUT2D eigenvalue weighted by Crippen LogP contribution is 2.13. The number of hydrogen-bond acceptors (Lipinski definition) is 4. The maximum absolute atomic E-state index is 11.0. The van der Waals surface area contributed by atoms with Gasteiger partial charge in [0.25, 0.3) is 0 Å². The van der Waals surface area contributed by atoms with Gasteiger partial charge in [-0.3, -0.25) is 9.69 Å². The van der Waals surface area contributed by atoms with E-state index in [1.807, 2.05) is 0 Å². The third kappa shape index (κ3) is 3.73. The number of nitrogens with zero attached hydrogens (tertiary/aromatic N) is 2. The molecule has 0 aromatic heterocycles. The Labute approximate surface area is 97.7 Å². The number of hydrogen-bond donors (Lipinski definition) is 2. The lowest BCUT2D eigenvalue weighted by atomic mass is 10.1. The van der Waals surface area contributed by atoms with Crippen LogP contribution in [0.5, 0.6) is 0 Å². The molecule has 0 bridgehead atoms. The van der Waals surface area contributed by atoms with Crippen molar-refractivity contribution in [2.24, 2.45) is 11.5 Å². The second-order valence-corrected chi connectivity index (χ2v) is 4.76. The first-order chi connectivity index (χ1) is 7.54. The SMILES string of the molecule is CC1CN(C)CCCN1C(CN)CC(N)=O. The summed E-state index contributed by atoms with van der Waals surface area (Å²) in [6.45, 7) is 5.81. The van der Waals surface area contributed by atoms with Crippen molar-refractivity contribution in [1.29, 1.82) is 0 Å². The Morgan fingerprint density at radius 2 is 2.19 bits per heavy atom. The molecule has 1 heterocycles. The van der Waals surface area contributed by atoms with Crippen LogP contribution in [0.3, 0.4) is 0 Å².